The van der Waals surface area contributed by atoms with Crippen LogP contribution in [0.1, 0.15) is 40.1 Å². The van der Waals surface area contributed by atoms with Crippen molar-refractivity contribution in [2.45, 2.75) is 13.8 Å². The molecule has 0 N–H and O–H groups in total. The van der Waals surface area contributed by atoms with Crippen molar-refractivity contribution < 1.29 is 19.1 Å². The molecule has 0 unspecified atom stereocenters. The summed E-state index contributed by atoms with van der Waals surface area (Å²) in [6.07, 6.45) is 5.26. The van der Waals surface area contributed by atoms with E-state index in [1.165, 1.54) is 12.1 Å². The third kappa shape index (κ3) is 3.11. The molecule has 18 heavy (non-hydrogen) atoms. The Morgan fingerprint density at radius 2 is 1.67 bits per heavy atom. The largest absolute Gasteiger partial charge is 0.462 e. The van der Waals surface area contributed by atoms with Crippen LogP contribution in [-0.2, 0) is 9.47 Å². The van der Waals surface area contributed by atoms with E-state index in [4.69, 9.17) is 15.9 Å². The third-order valence-electron chi connectivity index (χ3n) is 2.18. The lowest BCUT2D eigenvalue weighted by Gasteiger charge is -2.08. The zero-order valence-corrected chi connectivity index (χ0v) is 10.4. The van der Waals surface area contributed by atoms with Gasteiger partial charge in [-0.05, 0) is 32.0 Å². The summed E-state index contributed by atoms with van der Waals surface area (Å²) in [6, 6.07) is 4.50. The van der Waals surface area contributed by atoms with Crippen LogP contribution < -0.4 is 0 Å². The average molecular weight is 246 g/mol. The molecule has 0 atom stereocenters. The average Bonchev–Trinajstić information content (AvgIpc) is 2.38. The van der Waals surface area contributed by atoms with Crippen LogP contribution in [0.25, 0.3) is 0 Å². The number of terminal acetylenes is 1. The second-order valence-electron chi connectivity index (χ2n) is 3.35. The van der Waals surface area contributed by atoms with Crippen LogP contribution in [0.15, 0.2) is 18.2 Å². The Kier molecular flexibility index (Phi) is 4.94. The van der Waals surface area contributed by atoms with Gasteiger partial charge in [-0.3, -0.25) is 0 Å². The number of hydrogen-bond donors (Lipinski definition) is 0. The van der Waals surface area contributed by atoms with Gasteiger partial charge in [-0.25, -0.2) is 9.59 Å². The molecule has 0 aliphatic carbocycles. The number of carbonyl (C=O) groups is 2. The van der Waals surface area contributed by atoms with Gasteiger partial charge in [0, 0.05) is 5.56 Å². The molecule has 0 fully saturated rings. The standard InChI is InChI=1S/C14H14O4/c1-4-10-7-8-11(13(15)17-5-2)12(9-10)14(16)18-6-3/h1,7-9H,5-6H2,2-3H3. The highest BCUT2D eigenvalue weighted by molar-refractivity contribution is 6.03. The zero-order chi connectivity index (χ0) is 13.5. The molecule has 0 heterocycles. The number of esters is 2. The highest BCUT2D eigenvalue weighted by Gasteiger charge is 2.19. The number of ether oxygens (including phenoxy) is 2. The molecule has 0 saturated carbocycles. The summed E-state index contributed by atoms with van der Waals surface area (Å²) in [5.41, 5.74) is 0.797. The Labute approximate surface area is 106 Å². The Morgan fingerprint density at radius 3 is 2.17 bits per heavy atom. The van der Waals surface area contributed by atoms with E-state index in [9.17, 15) is 9.59 Å². The lowest BCUT2D eigenvalue weighted by Crippen LogP contribution is -2.14. The molecule has 4 nitrogen and oxygen atoms in total. The number of hydrogen-bond acceptors (Lipinski definition) is 4. The third-order valence-corrected chi connectivity index (χ3v) is 2.18. The maximum Gasteiger partial charge on any atom is 0.339 e. The quantitative estimate of drug-likeness (QED) is 0.602. The number of carbonyl (C=O) groups excluding carboxylic acids is 2. The van der Waals surface area contributed by atoms with Crippen molar-refractivity contribution in [2.24, 2.45) is 0 Å². The van der Waals surface area contributed by atoms with Crippen LogP contribution in [0.5, 0.6) is 0 Å². The van der Waals surface area contributed by atoms with Crippen LogP contribution in [-0.4, -0.2) is 25.2 Å². The summed E-state index contributed by atoms with van der Waals surface area (Å²) in [5, 5.41) is 0. The molecule has 4 heteroatoms. The van der Waals surface area contributed by atoms with Crippen molar-refractivity contribution in [3.8, 4) is 12.3 Å². The molecule has 0 bridgehead atoms. The van der Waals surface area contributed by atoms with Crippen molar-refractivity contribution in [3.63, 3.8) is 0 Å². The van der Waals surface area contributed by atoms with E-state index < -0.39 is 11.9 Å². The molecule has 0 amide bonds. The molecule has 0 aliphatic rings. The summed E-state index contributed by atoms with van der Waals surface area (Å²) in [5.74, 6) is 1.25. The van der Waals surface area contributed by atoms with Crippen LogP contribution in [0.3, 0.4) is 0 Å². The minimum atomic E-state index is -0.586. The highest BCUT2D eigenvalue weighted by Crippen LogP contribution is 2.14. The van der Waals surface area contributed by atoms with Gasteiger partial charge in [0.25, 0.3) is 0 Å². The first-order valence-electron chi connectivity index (χ1n) is 5.58. The summed E-state index contributed by atoms with van der Waals surface area (Å²) in [7, 11) is 0. The zero-order valence-electron chi connectivity index (χ0n) is 10.4. The lowest BCUT2D eigenvalue weighted by molar-refractivity contribution is 0.0479. The Morgan fingerprint density at radius 1 is 1.11 bits per heavy atom. The predicted molar refractivity (Wildman–Crippen MR) is 66.3 cm³/mol. The van der Waals surface area contributed by atoms with Crippen molar-refractivity contribution in [2.75, 3.05) is 13.2 Å². The first kappa shape index (κ1) is 13.8. The maximum atomic E-state index is 11.7. The first-order valence-corrected chi connectivity index (χ1v) is 5.58. The Bertz CT molecular complexity index is 497. The van der Waals surface area contributed by atoms with Crippen molar-refractivity contribution in [1.29, 1.82) is 0 Å². The van der Waals surface area contributed by atoms with E-state index in [2.05, 4.69) is 5.92 Å². The number of rotatable bonds is 4. The molecule has 0 aromatic heterocycles. The highest BCUT2D eigenvalue weighted by atomic mass is 16.5. The van der Waals surface area contributed by atoms with Crippen LogP contribution in [0.4, 0.5) is 0 Å². The summed E-state index contributed by atoms with van der Waals surface area (Å²) in [4.78, 5) is 23.4. The van der Waals surface area contributed by atoms with Crippen molar-refractivity contribution >= 4 is 11.9 Å². The molecule has 0 saturated heterocycles. The van der Waals surface area contributed by atoms with Gasteiger partial charge in [0.1, 0.15) is 0 Å². The second kappa shape index (κ2) is 6.45. The predicted octanol–water partition coefficient (Wildman–Crippen LogP) is 2.02. The smallest absolute Gasteiger partial charge is 0.339 e. The SMILES string of the molecule is C#Cc1ccc(C(=O)OCC)c(C(=O)OCC)c1. The fourth-order valence-corrected chi connectivity index (χ4v) is 1.40. The fourth-order valence-electron chi connectivity index (χ4n) is 1.40. The van der Waals surface area contributed by atoms with Gasteiger partial charge in [0.15, 0.2) is 0 Å². The van der Waals surface area contributed by atoms with E-state index in [0.717, 1.165) is 0 Å². The topological polar surface area (TPSA) is 52.6 Å². The lowest BCUT2D eigenvalue weighted by atomic mass is 10.0. The van der Waals surface area contributed by atoms with Crippen molar-refractivity contribution in [3.05, 3.63) is 34.9 Å². The minimum Gasteiger partial charge on any atom is -0.462 e. The van der Waals surface area contributed by atoms with Gasteiger partial charge < -0.3 is 9.47 Å². The maximum absolute atomic E-state index is 11.7. The summed E-state index contributed by atoms with van der Waals surface area (Å²) < 4.78 is 9.75. The van der Waals surface area contributed by atoms with E-state index in [-0.39, 0.29) is 24.3 Å². The molecule has 1 aromatic carbocycles. The normalized spacial score (nSPS) is 9.39. The van der Waals surface area contributed by atoms with E-state index >= 15 is 0 Å². The minimum absolute atomic E-state index is 0.130. The molecule has 0 radical (unpaired) electrons. The number of benzene rings is 1. The monoisotopic (exact) mass is 246 g/mol. The van der Waals surface area contributed by atoms with Crippen LogP contribution in [0.2, 0.25) is 0 Å². The van der Waals surface area contributed by atoms with Crippen LogP contribution >= 0.6 is 0 Å². The molecule has 0 spiro atoms. The van der Waals surface area contributed by atoms with Gasteiger partial charge >= 0.3 is 11.9 Å². The van der Waals surface area contributed by atoms with Gasteiger partial charge in [-0.2, -0.15) is 0 Å². The molecular weight excluding hydrogens is 232 g/mol. The summed E-state index contributed by atoms with van der Waals surface area (Å²) in [6.45, 7) is 3.84. The Hall–Kier alpha value is -2.28. The van der Waals surface area contributed by atoms with Gasteiger partial charge in [-0.15, -0.1) is 6.42 Å². The van der Waals surface area contributed by atoms with Gasteiger partial charge in [0.2, 0.25) is 0 Å². The first-order chi connectivity index (χ1) is 8.63. The molecule has 1 rings (SSSR count). The summed E-state index contributed by atoms with van der Waals surface area (Å²) >= 11 is 0. The van der Waals surface area contributed by atoms with Crippen LogP contribution in [0, 0.1) is 12.3 Å². The molecule has 1 aromatic rings. The Balaban J connectivity index is 3.21. The van der Waals surface area contributed by atoms with Crippen molar-refractivity contribution in [1.82, 2.24) is 0 Å². The van der Waals surface area contributed by atoms with E-state index in [0.29, 0.717) is 5.56 Å². The molecule has 0 aliphatic heterocycles. The molecule has 94 valence electrons. The molecular formula is C14H14O4. The van der Waals surface area contributed by atoms with Gasteiger partial charge in [0.05, 0.1) is 24.3 Å². The van der Waals surface area contributed by atoms with E-state index in [1.807, 2.05) is 0 Å². The van der Waals surface area contributed by atoms with E-state index in [1.54, 1.807) is 19.9 Å². The van der Waals surface area contributed by atoms with Gasteiger partial charge in [-0.1, -0.05) is 5.92 Å². The second-order valence-corrected chi connectivity index (χ2v) is 3.35. The fraction of sp³-hybridized carbons (Fsp3) is 0.286.